The number of carbonyl (C=O) groups is 1. The van der Waals surface area contributed by atoms with Crippen molar-refractivity contribution < 1.29 is 9.53 Å². The van der Waals surface area contributed by atoms with Gasteiger partial charge in [0.25, 0.3) is 5.56 Å². The molecule has 1 aromatic carbocycles. The van der Waals surface area contributed by atoms with Gasteiger partial charge in [0, 0.05) is 12.6 Å². The molecule has 0 saturated carbocycles. The van der Waals surface area contributed by atoms with Gasteiger partial charge >= 0.3 is 0 Å². The molecule has 4 nitrogen and oxygen atoms in total. The summed E-state index contributed by atoms with van der Waals surface area (Å²) in [7, 11) is 1.65. The van der Waals surface area contributed by atoms with Gasteiger partial charge in [-0.3, -0.25) is 9.59 Å². The molecule has 0 spiro atoms. The summed E-state index contributed by atoms with van der Waals surface area (Å²) in [5.41, 5.74) is 1.40. The second kappa shape index (κ2) is 5.52. The second-order valence-corrected chi connectivity index (χ2v) is 4.09. The minimum atomic E-state index is -0.307. The van der Waals surface area contributed by atoms with Crippen LogP contribution in [0.5, 0.6) is 5.75 Å². The molecule has 0 saturated heterocycles. The van der Waals surface area contributed by atoms with Crippen LogP contribution < -0.4 is 10.3 Å². The van der Waals surface area contributed by atoms with Crippen molar-refractivity contribution in [2.24, 2.45) is 7.05 Å². The highest BCUT2D eigenvalue weighted by molar-refractivity contribution is 5.76. The predicted molar refractivity (Wildman–Crippen MR) is 73.7 cm³/mol. The third-order valence-corrected chi connectivity index (χ3v) is 2.92. The van der Waals surface area contributed by atoms with E-state index in [1.807, 2.05) is 31.2 Å². The molecule has 2 rings (SSSR count). The summed E-state index contributed by atoms with van der Waals surface area (Å²) in [6, 6.07) is 10.8. The van der Waals surface area contributed by atoms with E-state index in [-0.39, 0.29) is 11.1 Å². The highest BCUT2D eigenvalue weighted by atomic mass is 16.5. The summed E-state index contributed by atoms with van der Waals surface area (Å²) in [4.78, 5) is 22.7. The number of benzene rings is 1. The van der Waals surface area contributed by atoms with Gasteiger partial charge in [0.15, 0.2) is 6.29 Å². The van der Waals surface area contributed by atoms with E-state index in [1.54, 1.807) is 13.1 Å². The quantitative estimate of drug-likeness (QED) is 0.789. The van der Waals surface area contributed by atoms with E-state index >= 15 is 0 Å². The fourth-order valence-electron chi connectivity index (χ4n) is 1.97. The summed E-state index contributed by atoms with van der Waals surface area (Å²) in [6.07, 6.45) is 0.570. The number of pyridine rings is 1. The molecule has 1 heterocycles. The minimum absolute atomic E-state index is 0.153. The SMILES string of the molecule is CCOc1ccccc1-c1ccc(C=O)c(=O)n1C. The Morgan fingerprint density at radius 2 is 1.95 bits per heavy atom. The molecule has 2 aromatic rings. The van der Waals surface area contributed by atoms with E-state index in [1.165, 1.54) is 10.6 Å². The van der Waals surface area contributed by atoms with Crippen LogP contribution in [0.2, 0.25) is 0 Å². The molecule has 0 bridgehead atoms. The molecule has 4 heteroatoms. The van der Waals surface area contributed by atoms with E-state index in [4.69, 9.17) is 4.74 Å². The van der Waals surface area contributed by atoms with Crippen molar-refractivity contribution in [2.75, 3.05) is 6.61 Å². The average molecular weight is 257 g/mol. The van der Waals surface area contributed by atoms with Gasteiger partial charge in [-0.2, -0.15) is 0 Å². The average Bonchev–Trinajstić information content (AvgIpc) is 2.43. The molecular formula is C15H15NO3. The van der Waals surface area contributed by atoms with Gasteiger partial charge in [-0.05, 0) is 31.2 Å². The molecule has 0 aliphatic carbocycles. The highest BCUT2D eigenvalue weighted by Gasteiger charge is 2.11. The number of carbonyl (C=O) groups excluding carboxylic acids is 1. The number of aromatic nitrogens is 1. The lowest BCUT2D eigenvalue weighted by molar-refractivity contribution is 0.112. The Balaban J connectivity index is 2.63. The highest BCUT2D eigenvalue weighted by Crippen LogP contribution is 2.28. The first-order valence-corrected chi connectivity index (χ1v) is 6.06. The first-order valence-electron chi connectivity index (χ1n) is 6.06. The topological polar surface area (TPSA) is 48.3 Å². The Bertz CT molecular complexity index is 659. The molecule has 0 radical (unpaired) electrons. The number of hydrogen-bond donors (Lipinski definition) is 0. The molecular weight excluding hydrogens is 242 g/mol. The van der Waals surface area contributed by atoms with Crippen LogP contribution in [0, 0.1) is 0 Å². The standard InChI is InChI=1S/C15H15NO3/c1-3-19-14-7-5-4-6-12(14)13-9-8-11(10-17)15(18)16(13)2/h4-10H,3H2,1-2H3. The van der Waals surface area contributed by atoms with Crippen LogP contribution in [-0.4, -0.2) is 17.5 Å². The lowest BCUT2D eigenvalue weighted by Gasteiger charge is -2.13. The normalized spacial score (nSPS) is 10.2. The zero-order valence-corrected chi connectivity index (χ0v) is 10.9. The molecule has 0 aliphatic heterocycles. The van der Waals surface area contributed by atoms with Gasteiger partial charge in [-0.25, -0.2) is 0 Å². The fourth-order valence-corrected chi connectivity index (χ4v) is 1.97. The van der Waals surface area contributed by atoms with Gasteiger partial charge in [0.1, 0.15) is 5.75 Å². The second-order valence-electron chi connectivity index (χ2n) is 4.09. The van der Waals surface area contributed by atoms with Crippen LogP contribution in [0.4, 0.5) is 0 Å². The van der Waals surface area contributed by atoms with Gasteiger partial charge in [-0.1, -0.05) is 12.1 Å². The van der Waals surface area contributed by atoms with E-state index in [0.29, 0.717) is 12.9 Å². The van der Waals surface area contributed by atoms with E-state index < -0.39 is 0 Å². The molecule has 0 N–H and O–H groups in total. The van der Waals surface area contributed by atoms with Gasteiger partial charge < -0.3 is 9.30 Å². The van der Waals surface area contributed by atoms with Crippen LogP contribution in [0.25, 0.3) is 11.3 Å². The molecule has 0 unspecified atom stereocenters. The first kappa shape index (κ1) is 13.1. The number of hydrogen-bond acceptors (Lipinski definition) is 3. The Morgan fingerprint density at radius 1 is 1.21 bits per heavy atom. The van der Waals surface area contributed by atoms with Gasteiger partial charge in [0.05, 0.1) is 17.9 Å². The van der Waals surface area contributed by atoms with Crippen LogP contribution in [0.3, 0.4) is 0 Å². The van der Waals surface area contributed by atoms with Gasteiger partial charge in [-0.15, -0.1) is 0 Å². The Kier molecular flexibility index (Phi) is 3.80. The number of para-hydroxylation sites is 1. The predicted octanol–water partition coefficient (Wildman–Crippen LogP) is 2.26. The molecule has 1 aromatic heterocycles. The molecule has 0 amide bonds. The summed E-state index contributed by atoms with van der Waals surface area (Å²) in [6.45, 7) is 2.46. The van der Waals surface area contributed by atoms with Crippen molar-refractivity contribution in [1.82, 2.24) is 4.57 Å². The monoisotopic (exact) mass is 257 g/mol. The van der Waals surface area contributed by atoms with Crippen molar-refractivity contribution in [2.45, 2.75) is 6.92 Å². The summed E-state index contributed by atoms with van der Waals surface area (Å²) in [5.74, 6) is 0.721. The number of ether oxygens (including phenoxy) is 1. The van der Waals surface area contributed by atoms with Crippen molar-refractivity contribution in [1.29, 1.82) is 0 Å². The number of aldehydes is 1. The first-order chi connectivity index (χ1) is 9.19. The number of nitrogens with zero attached hydrogens (tertiary/aromatic N) is 1. The fraction of sp³-hybridized carbons (Fsp3) is 0.200. The maximum atomic E-state index is 12.0. The summed E-state index contributed by atoms with van der Waals surface area (Å²) >= 11 is 0. The molecule has 19 heavy (non-hydrogen) atoms. The zero-order valence-electron chi connectivity index (χ0n) is 10.9. The summed E-state index contributed by atoms with van der Waals surface area (Å²) < 4.78 is 7.02. The van der Waals surface area contributed by atoms with Crippen LogP contribution in [0.15, 0.2) is 41.2 Å². The van der Waals surface area contributed by atoms with Crippen LogP contribution >= 0.6 is 0 Å². The maximum Gasteiger partial charge on any atom is 0.261 e. The van der Waals surface area contributed by atoms with Crippen molar-refractivity contribution in [3.05, 3.63) is 52.3 Å². The Hall–Kier alpha value is -2.36. The largest absolute Gasteiger partial charge is 0.493 e. The third kappa shape index (κ3) is 2.42. The van der Waals surface area contributed by atoms with Crippen molar-refractivity contribution >= 4 is 6.29 Å². The molecule has 0 aliphatic rings. The smallest absolute Gasteiger partial charge is 0.261 e. The van der Waals surface area contributed by atoms with Crippen molar-refractivity contribution in [3.63, 3.8) is 0 Å². The van der Waals surface area contributed by atoms with E-state index in [2.05, 4.69) is 0 Å². The van der Waals surface area contributed by atoms with Crippen molar-refractivity contribution in [3.8, 4) is 17.0 Å². The lowest BCUT2D eigenvalue weighted by atomic mass is 10.1. The lowest BCUT2D eigenvalue weighted by Crippen LogP contribution is -2.22. The zero-order chi connectivity index (χ0) is 13.8. The molecule has 0 atom stereocenters. The van der Waals surface area contributed by atoms with Crippen LogP contribution in [0.1, 0.15) is 17.3 Å². The number of rotatable bonds is 4. The Labute approximate surface area is 111 Å². The molecule has 98 valence electrons. The Morgan fingerprint density at radius 3 is 2.63 bits per heavy atom. The maximum absolute atomic E-state index is 12.0. The van der Waals surface area contributed by atoms with Gasteiger partial charge in [0.2, 0.25) is 0 Å². The minimum Gasteiger partial charge on any atom is -0.493 e. The third-order valence-electron chi connectivity index (χ3n) is 2.92. The molecule has 0 fully saturated rings. The van der Waals surface area contributed by atoms with Crippen LogP contribution in [-0.2, 0) is 7.05 Å². The van der Waals surface area contributed by atoms with E-state index in [9.17, 15) is 9.59 Å². The van der Waals surface area contributed by atoms with E-state index in [0.717, 1.165) is 17.0 Å². The summed E-state index contributed by atoms with van der Waals surface area (Å²) in [5, 5.41) is 0.